The standard InChI is InChI=1S/C53H42GeN2O3/c1-29-50-48-45-49-51(29)59-40-28-33(53(5,6)7)22-24-38(40)56(49)47-36-20-14-12-16-31(36)26-42-44(47)54(45,34-17-9-8-10-18-34)43-41(57-42)25-30-15-11-13-19-35(30)46(43)55(48)37-23-21-32(52(2,3)4)27-39(37)58-50/h8-28H,1-7H3. The second-order valence-corrected chi connectivity index (χ2v) is 26.5. The summed E-state index contributed by atoms with van der Waals surface area (Å²) in [5, 5.41) is 4.72. The molecule has 0 atom stereocenters. The Morgan fingerprint density at radius 2 is 0.949 bits per heavy atom. The first-order chi connectivity index (χ1) is 28.4. The molecule has 59 heavy (non-hydrogen) atoms. The summed E-state index contributed by atoms with van der Waals surface area (Å²) < 4.78 is 32.7. The van der Waals surface area contributed by atoms with Gasteiger partial charge < -0.3 is 0 Å². The molecule has 10 aromatic rings. The van der Waals surface area contributed by atoms with Gasteiger partial charge in [0.2, 0.25) is 0 Å². The van der Waals surface area contributed by atoms with Gasteiger partial charge >= 0.3 is 346 Å². The monoisotopic (exact) mass is 828 g/mol. The molecule has 0 amide bonds. The Balaban J connectivity index is 1.41. The normalized spacial score (nSPS) is 14.6. The van der Waals surface area contributed by atoms with Crippen molar-refractivity contribution in [3.05, 3.63) is 144 Å². The molecule has 3 aliphatic rings. The van der Waals surface area contributed by atoms with Gasteiger partial charge in [0.25, 0.3) is 0 Å². The van der Waals surface area contributed by atoms with Crippen LogP contribution < -0.4 is 22.3 Å². The van der Waals surface area contributed by atoms with Crippen molar-refractivity contribution in [3.8, 4) is 22.9 Å². The van der Waals surface area contributed by atoms with Crippen molar-refractivity contribution in [1.82, 2.24) is 9.13 Å². The van der Waals surface area contributed by atoms with Crippen LogP contribution in [0.15, 0.2) is 136 Å². The van der Waals surface area contributed by atoms with Crippen molar-refractivity contribution >= 4 is 96.8 Å². The molecule has 0 saturated carbocycles. The number of ether oxygens (including phenoxy) is 1. The van der Waals surface area contributed by atoms with E-state index in [2.05, 4.69) is 185 Å². The van der Waals surface area contributed by atoms with Crippen LogP contribution in [0.5, 0.6) is 11.5 Å². The number of fused-ring (bicyclic) bond motifs is 10. The third kappa shape index (κ3) is 4.07. The first kappa shape index (κ1) is 33.8. The number of nitrogens with zero attached hydrogens (tertiary/aromatic N) is 2. The van der Waals surface area contributed by atoms with E-state index in [9.17, 15) is 0 Å². The maximum atomic E-state index is 7.45. The van der Waals surface area contributed by atoms with E-state index < -0.39 is 13.3 Å². The van der Waals surface area contributed by atoms with Crippen molar-refractivity contribution in [2.75, 3.05) is 0 Å². The summed E-state index contributed by atoms with van der Waals surface area (Å²) in [6.45, 7) is 15.8. The second-order valence-electron chi connectivity index (χ2n) is 19.0. The minimum absolute atomic E-state index is 0.0668. The van der Waals surface area contributed by atoms with Crippen molar-refractivity contribution < 1.29 is 13.6 Å². The molecule has 0 unspecified atom stereocenters. The molecule has 0 radical (unpaired) electrons. The molecule has 13 rings (SSSR count). The summed E-state index contributed by atoms with van der Waals surface area (Å²) in [6.07, 6.45) is 0. The summed E-state index contributed by atoms with van der Waals surface area (Å²) >= 11 is -4.16. The fourth-order valence-corrected chi connectivity index (χ4v) is 22.7. The molecular formula is C53H42GeN2O3. The Morgan fingerprint density at radius 3 is 1.42 bits per heavy atom. The molecule has 0 bridgehead atoms. The van der Waals surface area contributed by atoms with Crippen LogP contribution in [0.1, 0.15) is 58.2 Å². The number of aromatic nitrogens is 2. The Hall–Kier alpha value is -6.18. The average Bonchev–Trinajstić information content (AvgIpc) is 3.23. The molecule has 0 aliphatic carbocycles. The summed E-state index contributed by atoms with van der Waals surface area (Å²) in [4.78, 5) is 0. The van der Waals surface area contributed by atoms with E-state index in [-0.39, 0.29) is 10.8 Å². The van der Waals surface area contributed by atoms with Gasteiger partial charge in [-0.25, -0.2) is 0 Å². The zero-order chi connectivity index (χ0) is 39.9. The summed E-state index contributed by atoms with van der Waals surface area (Å²) in [6, 6.07) is 47.4. The zero-order valence-electron chi connectivity index (χ0n) is 34.2. The van der Waals surface area contributed by atoms with Crippen molar-refractivity contribution in [2.45, 2.75) is 59.3 Å². The van der Waals surface area contributed by atoms with Gasteiger partial charge in [-0.1, -0.05) is 0 Å². The van der Waals surface area contributed by atoms with Gasteiger partial charge in [0.05, 0.1) is 0 Å². The zero-order valence-corrected chi connectivity index (χ0v) is 36.3. The van der Waals surface area contributed by atoms with Crippen LogP contribution in [0.2, 0.25) is 0 Å². The summed E-state index contributed by atoms with van der Waals surface area (Å²) in [7, 11) is 0. The topological polar surface area (TPSA) is 45.4 Å². The van der Waals surface area contributed by atoms with E-state index in [1.807, 2.05) is 0 Å². The van der Waals surface area contributed by atoms with E-state index >= 15 is 0 Å². The Bertz CT molecular complexity index is 3410. The second kappa shape index (κ2) is 10.9. The molecule has 5 heterocycles. The van der Waals surface area contributed by atoms with Crippen molar-refractivity contribution in [3.63, 3.8) is 0 Å². The molecule has 8 aromatic carbocycles. The van der Waals surface area contributed by atoms with Crippen LogP contribution in [0.3, 0.4) is 0 Å². The van der Waals surface area contributed by atoms with Gasteiger partial charge in [0.15, 0.2) is 0 Å². The third-order valence-electron chi connectivity index (χ3n) is 13.6. The first-order valence-corrected chi connectivity index (χ1v) is 25.0. The third-order valence-corrected chi connectivity index (χ3v) is 23.8. The van der Waals surface area contributed by atoms with Gasteiger partial charge in [-0.3, -0.25) is 0 Å². The van der Waals surface area contributed by atoms with E-state index in [0.29, 0.717) is 0 Å². The summed E-state index contributed by atoms with van der Waals surface area (Å²) in [5.41, 5.74) is 13.5. The molecule has 286 valence electrons. The molecule has 5 nitrogen and oxygen atoms in total. The number of hydrogen-bond acceptors (Lipinski definition) is 3. The molecule has 2 aromatic heterocycles. The van der Waals surface area contributed by atoms with Crippen LogP contribution in [-0.4, -0.2) is 22.4 Å². The molecule has 0 saturated heterocycles. The van der Waals surface area contributed by atoms with Crippen LogP contribution in [0.4, 0.5) is 0 Å². The van der Waals surface area contributed by atoms with E-state index in [1.54, 1.807) is 0 Å². The van der Waals surface area contributed by atoms with Crippen LogP contribution >= 0.6 is 0 Å². The maximum absolute atomic E-state index is 7.45. The molecule has 3 aliphatic heterocycles. The minimum atomic E-state index is -4.16. The molecule has 6 heteroatoms. The molecule has 0 fully saturated rings. The summed E-state index contributed by atoms with van der Waals surface area (Å²) in [5.74, 6) is 1.88. The van der Waals surface area contributed by atoms with Gasteiger partial charge in [0, 0.05) is 0 Å². The number of aryl methyl sites for hydroxylation is 1. The predicted octanol–water partition coefficient (Wildman–Crippen LogP) is 11.5. The van der Waals surface area contributed by atoms with E-state index in [0.717, 1.165) is 72.2 Å². The van der Waals surface area contributed by atoms with Crippen LogP contribution in [-0.2, 0) is 10.8 Å². The average molecular weight is 828 g/mol. The van der Waals surface area contributed by atoms with Gasteiger partial charge in [0.1, 0.15) is 0 Å². The molecule has 0 spiro atoms. The van der Waals surface area contributed by atoms with Crippen LogP contribution in [0, 0.1) is 6.92 Å². The SMILES string of the molecule is Cc1c2oc3cc(C(C)(C)C)ccc3n3c2[c]2c4c1oc1cc(C(C)(C)C)ccc1n4-c1[c]4c(cc5ccccc15)Oc1cc5ccccc5c-3[c]1[Ge]42[c]1ccccc1. The number of rotatable bonds is 1. The van der Waals surface area contributed by atoms with Gasteiger partial charge in [-0.2, -0.15) is 0 Å². The van der Waals surface area contributed by atoms with Gasteiger partial charge in [-0.05, 0) is 0 Å². The van der Waals surface area contributed by atoms with Crippen molar-refractivity contribution in [2.24, 2.45) is 0 Å². The molecular weight excluding hydrogens is 785 g/mol. The van der Waals surface area contributed by atoms with Crippen LogP contribution in [0.25, 0.3) is 77.3 Å². The number of benzene rings is 8. The Labute approximate surface area is 344 Å². The molecule has 0 N–H and O–H groups in total. The Morgan fingerprint density at radius 1 is 0.492 bits per heavy atom. The Kier molecular flexibility index (Phi) is 6.24. The first-order valence-electron chi connectivity index (χ1n) is 20.8. The number of hydrogen-bond donors (Lipinski definition) is 0. The fraction of sp³-hybridized carbons (Fsp3) is 0.170. The fourth-order valence-electron chi connectivity index (χ4n) is 10.8. The van der Waals surface area contributed by atoms with Gasteiger partial charge in [-0.15, -0.1) is 0 Å². The van der Waals surface area contributed by atoms with E-state index in [1.165, 1.54) is 50.9 Å². The van der Waals surface area contributed by atoms with E-state index in [4.69, 9.17) is 13.6 Å². The predicted molar refractivity (Wildman–Crippen MR) is 245 cm³/mol. The van der Waals surface area contributed by atoms with Crippen molar-refractivity contribution in [1.29, 1.82) is 0 Å². The quantitative estimate of drug-likeness (QED) is 0.122.